The van der Waals surface area contributed by atoms with Crippen molar-refractivity contribution in [2.24, 2.45) is 11.8 Å². The summed E-state index contributed by atoms with van der Waals surface area (Å²) in [7, 11) is 0. The number of piperidine rings is 1. The first kappa shape index (κ1) is 13.1. The van der Waals surface area contributed by atoms with E-state index >= 15 is 0 Å². The van der Waals surface area contributed by atoms with Gasteiger partial charge < -0.3 is 15.2 Å². The molecule has 2 aliphatic rings. The molecular formula is C13H18N4O3. The zero-order valence-corrected chi connectivity index (χ0v) is 11.3. The van der Waals surface area contributed by atoms with E-state index in [2.05, 4.69) is 10.6 Å². The van der Waals surface area contributed by atoms with Crippen molar-refractivity contribution in [3.8, 4) is 0 Å². The molecule has 1 aromatic heterocycles. The fraction of sp³-hybridized carbons (Fsp3) is 0.615. The molecule has 0 aromatic carbocycles. The third kappa shape index (κ3) is 2.18. The SMILES string of the molecule is CCCn1cc([N+](=O)[O-])cc1C(=O)NC1C2CNCC21. The summed E-state index contributed by atoms with van der Waals surface area (Å²) in [4.78, 5) is 22.7. The third-order valence-corrected chi connectivity index (χ3v) is 4.18. The Morgan fingerprint density at radius 2 is 2.25 bits per heavy atom. The van der Waals surface area contributed by atoms with Gasteiger partial charge in [-0.3, -0.25) is 14.9 Å². The van der Waals surface area contributed by atoms with Gasteiger partial charge in [0.05, 0.1) is 11.1 Å². The van der Waals surface area contributed by atoms with Gasteiger partial charge in [-0.15, -0.1) is 0 Å². The summed E-state index contributed by atoms with van der Waals surface area (Å²) < 4.78 is 1.67. The van der Waals surface area contributed by atoms with Crippen LogP contribution in [0.15, 0.2) is 12.3 Å². The van der Waals surface area contributed by atoms with Crippen LogP contribution in [0.1, 0.15) is 23.8 Å². The van der Waals surface area contributed by atoms with Crippen molar-refractivity contribution < 1.29 is 9.72 Å². The van der Waals surface area contributed by atoms with Crippen LogP contribution in [0, 0.1) is 22.0 Å². The van der Waals surface area contributed by atoms with Crippen molar-refractivity contribution in [2.45, 2.75) is 25.9 Å². The molecule has 7 heteroatoms. The van der Waals surface area contributed by atoms with Crippen molar-refractivity contribution in [1.29, 1.82) is 0 Å². The predicted octanol–water partition coefficient (Wildman–Crippen LogP) is 0.754. The standard InChI is InChI=1S/C13H18N4O3/c1-2-3-16-7-8(17(19)20)4-11(16)13(18)15-12-9-5-14-6-10(9)12/h4,7,9-10,12,14H,2-3,5-6H2,1H3,(H,15,18). The molecule has 7 nitrogen and oxygen atoms in total. The van der Waals surface area contributed by atoms with Crippen LogP contribution < -0.4 is 10.6 Å². The van der Waals surface area contributed by atoms with E-state index < -0.39 is 4.92 Å². The average molecular weight is 278 g/mol. The first-order chi connectivity index (χ1) is 9.61. The number of fused-ring (bicyclic) bond motifs is 1. The van der Waals surface area contributed by atoms with E-state index in [0.29, 0.717) is 24.1 Å². The maximum atomic E-state index is 12.3. The zero-order valence-electron chi connectivity index (χ0n) is 11.3. The number of carbonyl (C=O) groups is 1. The summed E-state index contributed by atoms with van der Waals surface area (Å²) in [5.41, 5.74) is 0.359. The first-order valence-corrected chi connectivity index (χ1v) is 6.98. The molecule has 1 aliphatic heterocycles. The topological polar surface area (TPSA) is 89.2 Å². The summed E-state index contributed by atoms with van der Waals surface area (Å²) in [5.74, 6) is 0.859. The molecule has 2 unspecified atom stereocenters. The Balaban J connectivity index is 1.74. The molecule has 1 saturated heterocycles. The highest BCUT2D eigenvalue weighted by Gasteiger charge is 2.53. The Kier molecular flexibility index (Phi) is 3.21. The second-order valence-electron chi connectivity index (χ2n) is 5.52. The van der Waals surface area contributed by atoms with Crippen LogP contribution in [-0.4, -0.2) is 34.5 Å². The molecule has 20 heavy (non-hydrogen) atoms. The number of hydrogen-bond donors (Lipinski definition) is 2. The molecule has 0 bridgehead atoms. The molecule has 0 spiro atoms. The molecular weight excluding hydrogens is 260 g/mol. The number of aromatic nitrogens is 1. The monoisotopic (exact) mass is 278 g/mol. The Labute approximate surface area is 116 Å². The Hall–Kier alpha value is -1.89. The maximum Gasteiger partial charge on any atom is 0.287 e. The van der Waals surface area contributed by atoms with Crippen LogP contribution in [0.5, 0.6) is 0 Å². The lowest BCUT2D eigenvalue weighted by atomic mass is 10.3. The van der Waals surface area contributed by atoms with Gasteiger partial charge in [-0.2, -0.15) is 0 Å². The predicted molar refractivity (Wildman–Crippen MR) is 72.5 cm³/mol. The van der Waals surface area contributed by atoms with E-state index in [1.165, 1.54) is 12.3 Å². The fourth-order valence-electron chi connectivity index (χ4n) is 3.07. The minimum Gasteiger partial charge on any atom is -0.347 e. The van der Waals surface area contributed by atoms with Gasteiger partial charge in [0.1, 0.15) is 5.69 Å². The second-order valence-corrected chi connectivity index (χ2v) is 5.52. The minimum absolute atomic E-state index is 0.0266. The molecule has 2 fully saturated rings. The van der Waals surface area contributed by atoms with Gasteiger partial charge in [0, 0.05) is 31.7 Å². The van der Waals surface area contributed by atoms with Crippen molar-refractivity contribution >= 4 is 11.6 Å². The molecule has 2 atom stereocenters. The minimum atomic E-state index is -0.460. The quantitative estimate of drug-likeness (QED) is 0.614. The summed E-state index contributed by atoms with van der Waals surface area (Å²) in [5, 5.41) is 17.1. The molecule has 0 radical (unpaired) electrons. The third-order valence-electron chi connectivity index (χ3n) is 4.18. The largest absolute Gasteiger partial charge is 0.347 e. The number of nitro groups is 1. The fourth-order valence-corrected chi connectivity index (χ4v) is 3.07. The molecule has 1 aliphatic carbocycles. The number of carbonyl (C=O) groups excluding carboxylic acids is 1. The number of amides is 1. The van der Waals surface area contributed by atoms with Crippen molar-refractivity contribution in [3.63, 3.8) is 0 Å². The van der Waals surface area contributed by atoms with E-state index in [1.54, 1.807) is 4.57 Å². The van der Waals surface area contributed by atoms with E-state index in [4.69, 9.17) is 0 Å². The number of hydrogen-bond acceptors (Lipinski definition) is 4. The van der Waals surface area contributed by atoms with Crippen molar-refractivity contribution in [1.82, 2.24) is 15.2 Å². The maximum absolute atomic E-state index is 12.3. The van der Waals surface area contributed by atoms with Crippen molar-refractivity contribution in [2.75, 3.05) is 13.1 Å². The van der Waals surface area contributed by atoms with E-state index in [-0.39, 0.29) is 17.6 Å². The lowest BCUT2D eigenvalue weighted by Gasteiger charge is -2.09. The van der Waals surface area contributed by atoms with Gasteiger partial charge in [0.15, 0.2) is 0 Å². The molecule has 3 rings (SSSR count). The lowest BCUT2D eigenvalue weighted by Crippen LogP contribution is -2.33. The van der Waals surface area contributed by atoms with Gasteiger partial charge in [-0.05, 0) is 18.3 Å². The summed E-state index contributed by atoms with van der Waals surface area (Å²) in [6, 6.07) is 1.59. The smallest absolute Gasteiger partial charge is 0.287 e. The summed E-state index contributed by atoms with van der Waals surface area (Å²) >= 11 is 0. The molecule has 1 aromatic rings. The highest BCUT2D eigenvalue weighted by atomic mass is 16.6. The van der Waals surface area contributed by atoms with Crippen LogP contribution in [0.3, 0.4) is 0 Å². The molecule has 108 valence electrons. The normalized spacial score (nSPS) is 27.1. The summed E-state index contributed by atoms with van der Waals surface area (Å²) in [6.07, 6.45) is 2.26. The molecule has 1 amide bonds. The highest BCUT2D eigenvalue weighted by molar-refractivity contribution is 5.94. The summed E-state index contributed by atoms with van der Waals surface area (Å²) in [6.45, 7) is 4.48. The number of aryl methyl sites for hydroxylation is 1. The zero-order chi connectivity index (χ0) is 14.3. The van der Waals surface area contributed by atoms with Crippen LogP contribution >= 0.6 is 0 Å². The van der Waals surface area contributed by atoms with Gasteiger partial charge in [0.25, 0.3) is 11.6 Å². The van der Waals surface area contributed by atoms with Gasteiger partial charge in [-0.1, -0.05) is 6.92 Å². The Morgan fingerprint density at radius 1 is 1.55 bits per heavy atom. The van der Waals surface area contributed by atoms with E-state index in [1.807, 2.05) is 6.92 Å². The number of nitrogens with zero attached hydrogens (tertiary/aromatic N) is 2. The van der Waals surface area contributed by atoms with E-state index in [9.17, 15) is 14.9 Å². The van der Waals surface area contributed by atoms with E-state index in [0.717, 1.165) is 19.5 Å². The second kappa shape index (κ2) is 4.90. The molecule has 2 N–H and O–H groups in total. The van der Waals surface area contributed by atoms with Crippen LogP contribution in [0.4, 0.5) is 5.69 Å². The van der Waals surface area contributed by atoms with Crippen LogP contribution in [-0.2, 0) is 6.54 Å². The molecule has 2 heterocycles. The van der Waals surface area contributed by atoms with Gasteiger partial charge in [-0.25, -0.2) is 0 Å². The van der Waals surface area contributed by atoms with Crippen molar-refractivity contribution in [3.05, 3.63) is 28.1 Å². The number of nitrogens with one attached hydrogen (secondary N) is 2. The average Bonchev–Trinajstić information content (AvgIpc) is 2.85. The highest BCUT2D eigenvalue weighted by Crippen LogP contribution is 2.41. The van der Waals surface area contributed by atoms with Crippen LogP contribution in [0.2, 0.25) is 0 Å². The number of rotatable bonds is 5. The van der Waals surface area contributed by atoms with Gasteiger partial charge >= 0.3 is 0 Å². The lowest BCUT2D eigenvalue weighted by molar-refractivity contribution is -0.384. The molecule has 1 saturated carbocycles. The van der Waals surface area contributed by atoms with Gasteiger partial charge in [0.2, 0.25) is 0 Å². The first-order valence-electron chi connectivity index (χ1n) is 6.98. The van der Waals surface area contributed by atoms with Crippen LogP contribution in [0.25, 0.3) is 0 Å². The Bertz CT molecular complexity index is 544. The Morgan fingerprint density at radius 3 is 2.85 bits per heavy atom.